The lowest BCUT2D eigenvalue weighted by Gasteiger charge is -2.34. The summed E-state index contributed by atoms with van der Waals surface area (Å²) >= 11 is 12.3. The van der Waals surface area contributed by atoms with Crippen LogP contribution in [0.3, 0.4) is 0 Å². The number of nitrogens with zero attached hydrogens (tertiary/aromatic N) is 3. The van der Waals surface area contributed by atoms with Crippen LogP contribution in [0.5, 0.6) is 0 Å². The highest BCUT2D eigenvalue weighted by atomic mass is 35.5. The summed E-state index contributed by atoms with van der Waals surface area (Å²) in [5.74, 6) is -2.96. The van der Waals surface area contributed by atoms with Gasteiger partial charge in [0, 0.05) is 12.1 Å². The second-order valence-electron chi connectivity index (χ2n) is 11.3. The lowest BCUT2D eigenvalue weighted by molar-refractivity contribution is -0.152. The molecule has 2 aliphatic carbocycles. The SMILES string of the molecule is Cc1cc(Cl)c(C(=O)CC(NC(=O)c2cnn(C3CCC(C)(C(=O)O)CC3)c2C(F)(F)F)C2(F)CCCC2)c(Cl)n1. The molecule has 0 saturated heterocycles. The Hall–Kier alpha value is -2.73. The molecule has 2 aliphatic rings. The fraction of sp³-hybridized carbons (Fsp3) is 0.593. The molecule has 2 heterocycles. The van der Waals surface area contributed by atoms with Gasteiger partial charge in [0.1, 0.15) is 10.8 Å². The van der Waals surface area contributed by atoms with E-state index in [0.717, 1.165) is 10.9 Å². The van der Waals surface area contributed by atoms with E-state index in [-0.39, 0.29) is 54.3 Å². The summed E-state index contributed by atoms with van der Waals surface area (Å²) in [6.45, 7) is 3.16. The van der Waals surface area contributed by atoms with Crippen molar-refractivity contribution in [2.24, 2.45) is 5.41 Å². The van der Waals surface area contributed by atoms with Crippen molar-refractivity contribution in [3.8, 4) is 0 Å². The Morgan fingerprint density at radius 2 is 1.78 bits per heavy atom. The third kappa shape index (κ3) is 6.38. The van der Waals surface area contributed by atoms with Crippen LogP contribution in [0.1, 0.15) is 103 Å². The van der Waals surface area contributed by atoms with E-state index in [1.165, 1.54) is 6.07 Å². The summed E-state index contributed by atoms with van der Waals surface area (Å²) in [6.07, 6.45) is -3.33. The highest BCUT2D eigenvalue weighted by molar-refractivity contribution is 6.39. The molecule has 1 unspecified atom stereocenters. The number of halogens is 6. The van der Waals surface area contributed by atoms with Gasteiger partial charge >= 0.3 is 12.1 Å². The molecular weight excluding hydrogens is 591 g/mol. The average Bonchev–Trinajstić information content (AvgIpc) is 3.51. The summed E-state index contributed by atoms with van der Waals surface area (Å²) in [5, 5.41) is 15.5. The number of aliphatic carboxylic acids is 1. The number of amides is 1. The lowest BCUT2D eigenvalue weighted by Crippen LogP contribution is -2.50. The third-order valence-electron chi connectivity index (χ3n) is 8.32. The summed E-state index contributed by atoms with van der Waals surface area (Å²) in [6, 6.07) is -0.837. The molecule has 41 heavy (non-hydrogen) atoms. The van der Waals surface area contributed by atoms with E-state index in [9.17, 15) is 32.7 Å². The van der Waals surface area contributed by atoms with Crippen molar-refractivity contribution in [2.75, 3.05) is 0 Å². The number of hydrogen-bond donors (Lipinski definition) is 2. The van der Waals surface area contributed by atoms with Crippen LogP contribution < -0.4 is 5.32 Å². The van der Waals surface area contributed by atoms with Crippen molar-refractivity contribution in [3.05, 3.63) is 45.0 Å². The number of aryl methyl sites for hydroxylation is 1. The van der Waals surface area contributed by atoms with E-state index in [1.807, 2.05) is 0 Å². The Bertz CT molecular complexity index is 1330. The van der Waals surface area contributed by atoms with E-state index in [4.69, 9.17) is 23.2 Å². The van der Waals surface area contributed by atoms with Crippen LogP contribution in [0.25, 0.3) is 0 Å². The summed E-state index contributed by atoms with van der Waals surface area (Å²) in [4.78, 5) is 42.1. The van der Waals surface area contributed by atoms with Gasteiger partial charge in [-0.1, -0.05) is 36.0 Å². The number of carboxylic acids is 1. The molecule has 2 fully saturated rings. The lowest BCUT2D eigenvalue weighted by atomic mass is 9.74. The van der Waals surface area contributed by atoms with Gasteiger partial charge in [0.05, 0.1) is 39.8 Å². The van der Waals surface area contributed by atoms with E-state index in [1.54, 1.807) is 13.8 Å². The fourth-order valence-electron chi connectivity index (χ4n) is 5.83. The molecule has 0 bridgehead atoms. The Kier molecular flexibility index (Phi) is 8.76. The number of rotatable bonds is 8. The minimum atomic E-state index is -4.99. The number of carbonyl (C=O) groups is 3. The number of aromatic nitrogens is 3. The maximum absolute atomic E-state index is 16.0. The molecule has 0 radical (unpaired) electrons. The van der Waals surface area contributed by atoms with E-state index in [2.05, 4.69) is 15.4 Å². The van der Waals surface area contributed by atoms with Gasteiger partial charge in [-0.2, -0.15) is 18.3 Å². The molecule has 1 amide bonds. The Morgan fingerprint density at radius 1 is 1.17 bits per heavy atom. The molecular formula is C27H30Cl2F4N4O4. The normalized spacial score (nSPS) is 23.3. The van der Waals surface area contributed by atoms with Crippen LogP contribution in [0.15, 0.2) is 12.3 Å². The highest BCUT2D eigenvalue weighted by Gasteiger charge is 2.47. The van der Waals surface area contributed by atoms with Crippen molar-refractivity contribution >= 4 is 40.9 Å². The molecule has 8 nitrogen and oxygen atoms in total. The number of ketones is 1. The number of carbonyl (C=O) groups excluding carboxylic acids is 2. The molecule has 2 aromatic heterocycles. The molecule has 2 aromatic rings. The molecule has 2 N–H and O–H groups in total. The first kappa shape index (κ1) is 31.2. The van der Waals surface area contributed by atoms with Gasteiger partial charge in [-0.15, -0.1) is 0 Å². The Labute approximate surface area is 243 Å². The third-order valence-corrected chi connectivity index (χ3v) is 8.89. The monoisotopic (exact) mass is 620 g/mol. The molecule has 0 aliphatic heterocycles. The Balaban J connectivity index is 1.63. The molecule has 1 atom stereocenters. The first-order valence-electron chi connectivity index (χ1n) is 13.3. The number of alkyl halides is 4. The number of hydrogen-bond acceptors (Lipinski definition) is 5. The van der Waals surface area contributed by atoms with Gasteiger partial charge in [-0.3, -0.25) is 19.1 Å². The van der Waals surface area contributed by atoms with Crippen LogP contribution in [-0.2, 0) is 11.0 Å². The van der Waals surface area contributed by atoms with Crippen molar-refractivity contribution in [1.82, 2.24) is 20.1 Å². The fourth-order valence-corrected chi connectivity index (χ4v) is 6.57. The second-order valence-corrected chi connectivity index (χ2v) is 12.0. The van der Waals surface area contributed by atoms with Crippen LogP contribution in [-0.4, -0.2) is 49.2 Å². The quantitative estimate of drug-likeness (QED) is 0.191. The molecule has 0 aromatic carbocycles. The first-order chi connectivity index (χ1) is 19.1. The van der Waals surface area contributed by atoms with Gasteiger partial charge in [-0.25, -0.2) is 9.37 Å². The van der Waals surface area contributed by atoms with Crippen LogP contribution >= 0.6 is 23.2 Å². The molecule has 224 valence electrons. The van der Waals surface area contributed by atoms with Crippen molar-refractivity contribution in [2.45, 2.75) is 95.6 Å². The van der Waals surface area contributed by atoms with Crippen LogP contribution in [0, 0.1) is 12.3 Å². The highest BCUT2D eigenvalue weighted by Crippen LogP contribution is 2.44. The van der Waals surface area contributed by atoms with E-state index >= 15 is 4.39 Å². The molecule has 0 spiro atoms. The van der Waals surface area contributed by atoms with Gasteiger partial charge in [0.25, 0.3) is 5.91 Å². The zero-order valence-electron chi connectivity index (χ0n) is 22.5. The number of nitrogens with one attached hydrogen (secondary N) is 1. The zero-order valence-corrected chi connectivity index (χ0v) is 24.0. The van der Waals surface area contributed by atoms with E-state index in [0.29, 0.717) is 18.5 Å². The first-order valence-corrected chi connectivity index (χ1v) is 14.0. The van der Waals surface area contributed by atoms with Crippen molar-refractivity contribution in [3.63, 3.8) is 0 Å². The van der Waals surface area contributed by atoms with E-state index < -0.39 is 64.7 Å². The standard InChI is InChI=1S/C27H30Cl2F4N4O4/c1-14-11-17(28)20(22(29)35-14)18(38)12-19(26(30)7-3-4-8-26)36-23(39)16-13-34-37(21(16)27(31,32)33)15-5-9-25(2,10-6-15)24(40)41/h11,13,15,19H,3-10,12H2,1-2H3,(H,36,39)(H,40,41). The van der Waals surface area contributed by atoms with Gasteiger partial charge in [0.15, 0.2) is 11.5 Å². The topological polar surface area (TPSA) is 114 Å². The van der Waals surface area contributed by atoms with Crippen molar-refractivity contribution < 1.29 is 37.1 Å². The maximum Gasteiger partial charge on any atom is 0.433 e. The van der Waals surface area contributed by atoms with Gasteiger partial charge in [-0.05, 0) is 58.4 Å². The molecule has 2 saturated carbocycles. The van der Waals surface area contributed by atoms with Crippen molar-refractivity contribution in [1.29, 1.82) is 0 Å². The largest absolute Gasteiger partial charge is 0.481 e. The molecule has 4 rings (SSSR count). The minimum absolute atomic E-state index is 0.00858. The number of carboxylic acid groups (broad SMARTS) is 1. The Morgan fingerprint density at radius 3 is 2.32 bits per heavy atom. The predicted molar refractivity (Wildman–Crippen MR) is 142 cm³/mol. The predicted octanol–water partition coefficient (Wildman–Crippen LogP) is 6.77. The smallest absolute Gasteiger partial charge is 0.433 e. The summed E-state index contributed by atoms with van der Waals surface area (Å²) in [7, 11) is 0. The summed E-state index contributed by atoms with van der Waals surface area (Å²) < 4.78 is 59.7. The van der Waals surface area contributed by atoms with Crippen LogP contribution in [0.2, 0.25) is 10.2 Å². The molecule has 14 heteroatoms. The minimum Gasteiger partial charge on any atom is -0.481 e. The van der Waals surface area contributed by atoms with Gasteiger partial charge in [0.2, 0.25) is 0 Å². The zero-order chi connectivity index (χ0) is 30.3. The second kappa shape index (κ2) is 11.5. The number of Topliss-reactive ketones (excluding diaryl/α,β-unsaturated/α-hetero) is 1. The summed E-state index contributed by atoms with van der Waals surface area (Å²) in [5.41, 5.74) is -4.93. The number of pyridine rings is 1. The average molecular weight is 621 g/mol. The van der Waals surface area contributed by atoms with Gasteiger partial charge < -0.3 is 10.4 Å². The maximum atomic E-state index is 16.0. The van der Waals surface area contributed by atoms with Crippen LogP contribution in [0.4, 0.5) is 17.6 Å².